The third kappa shape index (κ3) is 2.54. The summed E-state index contributed by atoms with van der Waals surface area (Å²) in [6.45, 7) is 3.60. The van der Waals surface area contributed by atoms with Crippen molar-refractivity contribution >= 4 is 11.6 Å². The normalized spacial score (nSPS) is 10.3. The van der Waals surface area contributed by atoms with Crippen LogP contribution in [0.4, 0.5) is 5.82 Å². The van der Waals surface area contributed by atoms with Gasteiger partial charge in [0.05, 0.1) is 18.5 Å². The van der Waals surface area contributed by atoms with Gasteiger partial charge in [0.1, 0.15) is 5.75 Å². The molecule has 0 spiro atoms. The Kier molecular flexibility index (Phi) is 3.46. The molecule has 0 bridgehead atoms. The molecule has 19 heavy (non-hydrogen) atoms. The monoisotopic (exact) mass is 257 g/mol. The van der Waals surface area contributed by atoms with Crippen molar-refractivity contribution in [2.75, 3.05) is 12.8 Å². The minimum atomic E-state index is -0.240. The molecule has 1 aromatic carbocycles. The van der Waals surface area contributed by atoms with Crippen molar-refractivity contribution in [2.45, 2.75) is 13.8 Å². The van der Waals surface area contributed by atoms with Crippen LogP contribution in [-0.4, -0.2) is 22.9 Å². The van der Waals surface area contributed by atoms with E-state index in [2.05, 4.69) is 9.97 Å². The molecule has 2 rings (SSSR count). The van der Waals surface area contributed by atoms with Crippen LogP contribution in [0.25, 0.3) is 0 Å². The number of benzene rings is 1. The molecule has 1 heterocycles. The third-order valence-electron chi connectivity index (χ3n) is 2.90. The molecule has 5 nitrogen and oxygen atoms in total. The second kappa shape index (κ2) is 5.06. The van der Waals surface area contributed by atoms with E-state index in [1.165, 1.54) is 0 Å². The predicted octanol–water partition coefficient (Wildman–Crippen LogP) is 1.92. The Hall–Kier alpha value is -2.43. The number of hydrogen-bond donors (Lipinski definition) is 1. The number of ketones is 1. The summed E-state index contributed by atoms with van der Waals surface area (Å²) < 4.78 is 5.05. The number of anilines is 1. The van der Waals surface area contributed by atoms with Crippen molar-refractivity contribution in [3.63, 3.8) is 0 Å². The summed E-state index contributed by atoms with van der Waals surface area (Å²) in [5.74, 6) is 0.607. The summed E-state index contributed by atoms with van der Waals surface area (Å²) in [5.41, 5.74) is 7.88. The summed E-state index contributed by atoms with van der Waals surface area (Å²) in [6, 6.07) is 6.80. The Balaban J connectivity index is 2.40. The van der Waals surface area contributed by atoms with Gasteiger partial charge in [-0.25, -0.2) is 9.97 Å². The SMILES string of the molecule is COc1ccc(C(=O)c2nc(C)c(C)nc2N)cc1. The first-order chi connectivity index (χ1) is 9.02. The number of nitrogens with zero attached hydrogens (tertiary/aromatic N) is 2. The molecule has 0 aliphatic rings. The number of rotatable bonds is 3. The van der Waals surface area contributed by atoms with E-state index >= 15 is 0 Å². The van der Waals surface area contributed by atoms with Crippen LogP contribution in [0.3, 0.4) is 0 Å². The molecule has 5 heteroatoms. The van der Waals surface area contributed by atoms with Crippen LogP contribution in [0, 0.1) is 13.8 Å². The molecule has 2 N–H and O–H groups in total. The minimum Gasteiger partial charge on any atom is -0.497 e. The molecule has 0 atom stereocenters. The highest BCUT2D eigenvalue weighted by Gasteiger charge is 2.16. The molecule has 98 valence electrons. The first-order valence-corrected chi connectivity index (χ1v) is 5.82. The Morgan fingerprint density at radius 1 is 1.11 bits per heavy atom. The van der Waals surface area contributed by atoms with Crippen LogP contribution in [0.1, 0.15) is 27.4 Å². The maximum atomic E-state index is 12.3. The van der Waals surface area contributed by atoms with Gasteiger partial charge in [-0.15, -0.1) is 0 Å². The van der Waals surface area contributed by atoms with Gasteiger partial charge in [0.25, 0.3) is 0 Å². The average Bonchev–Trinajstić information content (AvgIpc) is 2.42. The fourth-order valence-corrected chi connectivity index (χ4v) is 1.67. The van der Waals surface area contributed by atoms with E-state index < -0.39 is 0 Å². The van der Waals surface area contributed by atoms with E-state index in [9.17, 15) is 4.79 Å². The predicted molar refractivity (Wildman–Crippen MR) is 72.3 cm³/mol. The summed E-state index contributed by atoms with van der Waals surface area (Å²) in [7, 11) is 1.57. The lowest BCUT2D eigenvalue weighted by atomic mass is 10.1. The average molecular weight is 257 g/mol. The topological polar surface area (TPSA) is 78.1 Å². The second-order valence-electron chi connectivity index (χ2n) is 4.19. The zero-order valence-electron chi connectivity index (χ0n) is 11.1. The highest BCUT2D eigenvalue weighted by Crippen LogP contribution is 2.17. The number of methoxy groups -OCH3 is 1. The highest BCUT2D eigenvalue weighted by molar-refractivity contribution is 6.10. The van der Waals surface area contributed by atoms with Crippen LogP contribution in [0.2, 0.25) is 0 Å². The van der Waals surface area contributed by atoms with Crippen molar-refractivity contribution in [2.24, 2.45) is 0 Å². The van der Waals surface area contributed by atoms with E-state index in [1.54, 1.807) is 45.2 Å². The Morgan fingerprint density at radius 3 is 2.26 bits per heavy atom. The number of ether oxygens (including phenoxy) is 1. The van der Waals surface area contributed by atoms with Crippen molar-refractivity contribution in [3.05, 3.63) is 46.9 Å². The van der Waals surface area contributed by atoms with Gasteiger partial charge >= 0.3 is 0 Å². The van der Waals surface area contributed by atoms with Crippen molar-refractivity contribution in [1.29, 1.82) is 0 Å². The van der Waals surface area contributed by atoms with Crippen LogP contribution in [-0.2, 0) is 0 Å². The van der Waals surface area contributed by atoms with E-state index in [-0.39, 0.29) is 17.3 Å². The van der Waals surface area contributed by atoms with Gasteiger partial charge < -0.3 is 10.5 Å². The fraction of sp³-hybridized carbons (Fsp3) is 0.214. The van der Waals surface area contributed by atoms with Gasteiger partial charge in [0, 0.05) is 5.56 Å². The quantitative estimate of drug-likeness (QED) is 0.850. The van der Waals surface area contributed by atoms with E-state index in [0.717, 1.165) is 5.69 Å². The fourth-order valence-electron chi connectivity index (χ4n) is 1.67. The number of nitrogens with two attached hydrogens (primary N) is 1. The van der Waals surface area contributed by atoms with Crippen molar-refractivity contribution in [3.8, 4) is 5.75 Å². The molecule has 0 aliphatic carbocycles. The van der Waals surface area contributed by atoms with Gasteiger partial charge in [-0.3, -0.25) is 4.79 Å². The van der Waals surface area contributed by atoms with Gasteiger partial charge in [0.2, 0.25) is 5.78 Å². The molecule has 0 aliphatic heterocycles. The number of carbonyl (C=O) groups is 1. The second-order valence-corrected chi connectivity index (χ2v) is 4.19. The van der Waals surface area contributed by atoms with E-state index in [1.807, 2.05) is 0 Å². The Morgan fingerprint density at radius 2 is 1.68 bits per heavy atom. The maximum Gasteiger partial charge on any atom is 0.215 e. The third-order valence-corrected chi connectivity index (χ3v) is 2.90. The van der Waals surface area contributed by atoms with Gasteiger partial charge in [-0.05, 0) is 38.1 Å². The van der Waals surface area contributed by atoms with Crippen molar-refractivity contribution in [1.82, 2.24) is 9.97 Å². The molecule has 0 amide bonds. The number of hydrogen-bond acceptors (Lipinski definition) is 5. The molecule has 0 fully saturated rings. The molecule has 1 aromatic heterocycles. The van der Waals surface area contributed by atoms with Crippen LogP contribution >= 0.6 is 0 Å². The zero-order chi connectivity index (χ0) is 14.0. The molecule has 0 unspecified atom stereocenters. The Bertz CT molecular complexity index is 621. The largest absolute Gasteiger partial charge is 0.497 e. The van der Waals surface area contributed by atoms with E-state index in [4.69, 9.17) is 10.5 Å². The summed E-state index contributed by atoms with van der Waals surface area (Å²) in [4.78, 5) is 20.7. The number of nitrogen functional groups attached to an aromatic ring is 1. The lowest BCUT2D eigenvalue weighted by molar-refractivity contribution is 0.103. The Labute approximate surface area is 111 Å². The first kappa shape index (κ1) is 13.0. The number of aryl methyl sites for hydroxylation is 2. The molecule has 0 saturated heterocycles. The van der Waals surface area contributed by atoms with Crippen molar-refractivity contribution < 1.29 is 9.53 Å². The summed E-state index contributed by atoms with van der Waals surface area (Å²) in [6.07, 6.45) is 0. The van der Waals surface area contributed by atoms with E-state index in [0.29, 0.717) is 17.0 Å². The van der Waals surface area contributed by atoms with Gasteiger partial charge in [0.15, 0.2) is 11.5 Å². The van der Waals surface area contributed by atoms with Crippen LogP contribution in [0.5, 0.6) is 5.75 Å². The smallest absolute Gasteiger partial charge is 0.215 e. The van der Waals surface area contributed by atoms with Gasteiger partial charge in [-0.2, -0.15) is 0 Å². The molecule has 0 radical (unpaired) electrons. The van der Waals surface area contributed by atoms with Crippen LogP contribution in [0.15, 0.2) is 24.3 Å². The minimum absolute atomic E-state index is 0.156. The lowest BCUT2D eigenvalue weighted by Crippen LogP contribution is -2.12. The molecular weight excluding hydrogens is 242 g/mol. The molecule has 0 saturated carbocycles. The zero-order valence-corrected chi connectivity index (χ0v) is 11.1. The maximum absolute atomic E-state index is 12.3. The molecule has 2 aromatic rings. The summed E-state index contributed by atoms with van der Waals surface area (Å²) >= 11 is 0. The standard InChI is InChI=1S/C14H15N3O2/c1-8-9(2)17-14(15)12(16-8)13(18)10-4-6-11(19-3)7-5-10/h4-7H,1-3H3,(H2,15,17). The number of carbonyl (C=O) groups excluding carboxylic acids is 1. The first-order valence-electron chi connectivity index (χ1n) is 5.82. The van der Waals surface area contributed by atoms with Crippen LogP contribution < -0.4 is 10.5 Å². The highest BCUT2D eigenvalue weighted by atomic mass is 16.5. The lowest BCUT2D eigenvalue weighted by Gasteiger charge is -2.07. The molecular formula is C14H15N3O2. The number of aromatic nitrogens is 2. The summed E-state index contributed by atoms with van der Waals surface area (Å²) in [5, 5.41) is 0. The van der Waals surface area contributed by atoms with Gasteiger partial charge in [-0.1, -0.05) is 0 Å².